The van der Waals surface area contributed by atoms with Gasteiger partial charge in [0, 0.05) is 12.2 Å². The predicted octanol–water partition coefficient (Wildman–Crippen LogP) is 7.04. The maximum Gasteiger partial charge on any atom is 0.150 e. The van der Waals surface area contributed by atoms with Crippen LogP contribution in [-0.2, 0) is 18.9 Å². The Bertz CT molecular complexity index is 577. The molecule has 6 nitrogen and oxygen atoms in total. The molecule has 0 spiro atoms. The lowest BCUT2D eigenvalue weighted by atomic mass is 10.0. The molecule has 6 heteroatoms. The Hall–Kier alpha value is -1.47. The van der Waals surface area contributed by atoms with Gasteiger partial charge in [0.2, 0.25) is 0 Å². The van der Waals surface area contributed by atoms with Crippen molar-refractivity contribution in [3.8, 4) is 5.75 Å². The van der Waals surface area contributed by atoms with Gasteiger partial charge in [-0.1, -0.05) is 84.0 Å². The minimum absolute atomic E-state index is 0.461. The summed E-state index contributed by atoms with van der Waals surface area (Å²) in [5.41, 5.74) is 0.636. The molecule has 0 aliphatic heterocycles. The van der Waals surface area contributed by atoms with E-state index in [0.29, 0.717) is 58.4 Å². The van der Waals surface area contributed by atoms with E-state index in [0.717, 1.165) is 25.1 Å². The summed E-state index contributed by atoms with van der Waals surface area (Å²) < 4.78 is 27.7. The fourth-order valence-corrected chi connectivity index (χ4v) is 3.84. The van der Waals surface area contributed by atoms with Gasteiger partial charge in [-0.3, -0.25) is 4.79 Å². The van der Waals surface area contributed by atoms with Crippen LogP contribution in [0.1, 0.15) is 101 Å². The lowest BCUT2D eigenvalue weighted by Crippen LogP contribution is -2.13. The topological polar surface area (TPSA) is 63.2 Å². The zero-order valence-corrected chi connectivity index (χ0v) is 22.9. The van der Waals surface area contributed by atoms with Crippen molar-refractivity contribution in [1.82, 2.24) is 0 Å². The lowest BCUT2D eigenvalue weighted by Gasteiger charge is -2.08. The molecular weight excluding hydrogens is 456 g/mol. The number of hydrogen-bond acceptors (Lipinski definition) is 6. The molecule has 0 aliphatic rings. The largest absolute Gasteiger partial charge is 0.491 e. The molecule has 0 saturated carbocycles. The Morgan fingerprint density at radius 2 is 0.889 bits per heavy atom. The molecule has 0 bridgehead atoms. The third kappa shape index (κ3) is 21.8. The second kappa shape index (κ2) is 26.6. The summed E-state index contributed by atoms with van der Waals surface area (Å²) >= 11 is 0. The molecule has 0 N–H and O–H groups in total. The maximum atomic E-state index is 10.6. The number of benzene rings is 1. The molecule has 0 atom stereocenters. The monoisotopic (exact) mass is 508 g/mol. The summed E-state index contributed by atoms with van der Waals surface area (Å²) in [5.74, 6) is 0.728. The van der Waals surface area contributed by atoms with Gasteiger partial charge in [0.1, 0.15) is 18.6 Å². The Labute approximate surface area is 220 Å². The molecule has 1 rings (SSSR count). The van der Waals surface area contributed by atoms with E-state index in [2.05, 4.69) is 6.92 Å². The normalized spacial score (nSPS) is 11.1. The summed E-state index contributed by atoms with van der Waals surface area (Å²) in [5, 5.41) is 0. The van der Waals surface area contributed by atoms with E-state index < -0.39 is 0 Å². The highest BCUT2D eigenvalue weighted by molar-refractivity contribution is 5.74. The number of unbranched alkanes of at least 4 members (excludes halogenated alkanes) is 12. The van der Waals surface area contributed by atoms with Gasteiger partial charge in [-0.05, 0) is 30.7 Å². The van der Waals surface area contributed by atoms with E-state index in [9.17, 15) is 4.79 Å². The van der Waals surface area contributed by atoms with Gasteiger partial charge in [-0.15, -0.1) is 0 Å². The minimum atomic E-state index is 0.461. The van der Waals surface area contributed by atoms with Gasteiger partial charge < -0.3 is 23.7 Å². The summed E-state index contributed by atoms with van der Waals surface area (Å²) in [6, 6.07) is 7.01. The van der Waals surface area contributed by atoms with Gasteiger partial charge in [0.25, 0.3) is 0 Å². The molecule has 0 unspecified atom stereocenters. The van der Waals surface area contributed by atoms with Crippen molar-refractivity contribution in [2.24, 2.45) is 0 Å². The highest BCUT2D eigenvalue weighted by Gasteiger charge is 1.97. The average Bonchev–Trinajstić information content (AvgIpc) is 2.91. The SMILES string of the molecule is CCCCCCCCCCCCCCCOCCOCCOCCOCCOc1ccc(C=O)cc1. The zero-order chi connectivity index (χ0) is 25.8. The fourth-order valence-electron chi connectivity index (χ4n) is 3.84. The van der Waals surface area contributed by atoms with Gasteiger partial charge in [-0.25, -0.2) is 0 Å². The van der Waals surface area contributed by atoms with E-state index in [1.165, 1.54) is 77.0 Å². The predicted molar refractivity (Wildman–Crippen MR) is 146 cm³/mol. The molecule has 0 radical (unpaired) electrons. The number of hydrogen-bond donors (Lipinski definition) is 0. The van der Waals surface area contributed by atoms with Gasteiger partial charge in [-0.2, -0.15) is 0 Å². The standard InChI is InChI=1S/C30H52O6/c1-2-3-4-5-6-7-8-9-10-11-12-13-14-19-32-20-21-33-22-23-34-24-25-35-26-27-36-30-17-15-29(28-31)16-18-30/h15-18,28H,2-14,19-27H2,1H3. The first-order chi connectivity index (χ1) is 17.9. The van der Waals surface area contributed by atoms with E-state index in [1.54, 1.807) is 24.3 Å². The van der Waals surface area contributed by atoms with Crippen molar-refractivity contribution in [3.63, 3.8) is 0 Å². The Morgan fingerprint density at radius 1 is 0.500 bits per heavy atom. The van der Waals surface area contributed by atoms with Crippen LogP contribution in [0.25, 0.3) is 0 Å². The summed E-state index contributed by atoms with van der Waals surface area (Å²) in [4.78, 5) is 10.6. The number of rotatable bonds is 28. The molecule has 36 heavy (non-hydrogen) atoms. The minimum Gasteiger partial charge on any atom is -0.491 e. The van der Waals surface area contributed by atoms with E-state index in [-0.39, 0.29) is 0 Å². The van der Waals surface area contributed by atoms with Crippen LogP contribution in [0.5, 0.6) is 5.75 Å². The summed E-state index contributed by atoms with van der Waals surface area (Å²) in [7, 11) is 0. The Morgan fingerprint density at radius 3 is 1.33 bits per heavy atom. The molecule has 0 amide bonds. The third-order valence-corrected chi connectivity index (χ3v) is 6.02. The molecule has 0 aliphatic carbocycles. The van der Waals surface area contributed by atoms with Crippen LogP contribution in [0, 0.1) is 0 Å². The molecule has 1 aromatic carbocycles. The highest BCUT2D eigenvalue weighted by atomic mass is 16.6. The molecule has 0 aromatic heterocycles. The van der Waals surface area contributed by atoms with E-state index >= 15 is 0 Å². The number of carbonyl (C=O) groups excluding carboxylic acids is 1. The Kier molecular flexibility index (Phi) is 24.0. The van der Waals surface area contributed by atoms with Gasteiger partial charge in [0.05, 0.1) is 46.2 Å². The van der Waals surface area contributed by atoms with Crippen molar-refractivity contribution in [3.05, 3.63) is 29.8 Å². The second-order valence-electron chi connectivity index (χ2n) is 9.23. The Balaban J connectivity index is 1.67. The van der Waals surface area contributed by atoms with Crippen LogP contribution in [0.4, 0.5) is 0 Å². The van der Waals surface area contributed by atoms with E-state index in [4.69, 9.17) is 23.7 Å². The van der Waals surface area contributed by atoms with Crippen LogP contribution >= 0.6 is 0 Å². The van der Waals surface area contributed by atoms with Crippen molar-refractivity contribution in [2.45, 2.75) is 90.4 Å². The van der Waals surface area contributed by atoms with Crippen LogP contribution < -0.4 is 4.74 Å². The van der Waals surface area contributed by atoms with Crippen LogP contribution in [0.15, 0.2) is 24.3 Å². The first-order valence-corrected chi connectivity index (χ1v) is 14.4. The van der Waals surface area contributed by atoms with Crippen molar-refractivity contribution >= 4 is 6.29 Å². The molecular formula is C30H52O6. The lowest BCUT2D eigenvalue weighted by molar-refractivity contribution is -0.00487. The second-order valence-corrected chi connectivity index (χ2v) is 9.23. The van der Waals surface area contributed by atoms with E-state index in [1.807, 2.05) is 0 Å². The van der Waals surface area contributed by atoms with Gasteiger partial charge in [0.15, 0.2) is 0 Å². The smallest absolute Gasteiger partial charge is 0.150 e. The molecule has 0 saturated heterocycles. The molecule has 0 heterocycles. The third-order valence-electron chi connectivity index (χ3n) is 6.02. The maximum absolute atomic E-state index is 10.6. The van der Waals surface area contributed by atoms with Crippen LogP contribution in [-0.4, -0.2) is 65.7 Å². The van der Waals surface area contributed by atoms with Crippen molar-refractivity contribution in [2.75, 3.05) is 59.5 Å². The first-order valence-electron chi connectivity index (χ1n) is 14.4. The zero-order valence-electron chi connectivity index (χ0n) is 22.9. The number of carbonyl (C=O) groups is 1. The number of aldehydes is 1. The molecule has 1 aromatic rings. The molecule has 208 valence electrons. The highest BCUT2D eigenvalue weighted by Crippen LogP contribution is 2.13. The van der Waals surface area contributed by atoms with Crippen molar-refractivity contribution < 1.29 is 28.5 Å². The number of ether oxygens (including phenoxy) is 5. The van der Waals surface area contributed by atoms with Crippen LogP contribution in [0.2, 0.25) is 0 Å². The molecule has 0 fully saturated rings. The average molecular weight is 509 g/mol. The van der Waals surface area contributed by atoms with Gasteiger partial charge >= 0.3 is 0 Å². The fraction of sp³-hybridized carbons (Fsp3) is 0.767. The summed E-state index contributed by atoms with van der Waals surface area (Å²) in [6.07, 6.45) is 18.6. The van der Waals surface area contributed by atoms with Crippen LogP contribution in [0.3, 0.4) is 0 Å². The van der Waals surface area contributed by atoms with Crippen molar-refractivity contribution in [1.29, 1.82) is 0 Å². The summed E-state index contributed by atoms with van der Waals surface area (Å²) in [6.45, 7) is 7.52. The quantitative estimate of drug-likeness (QED) is 0.0894. The first kappa shape index (κ1) is 32.6.